The quantitative estimate of drug-likeness (QED) is 0.752. The Hall–Kier alpha value is -0.380. The van der Waals surface area contributed by atoms with Crippen LogP contribution in [0.4, 0.5) is 0 Å². The van der Waals surface area contributed by atoms with Crippen molar-refractivity contribution in [3.05, 3.63) is 21.9 Å². The first-order valence-electron chi connectivity index (χ1n) is 5.72. The average Bonchev–Trinajstić information content (AvgIpc) is 2.54. The van der Waals surface area contributed by atoms with Crippen molar-refractivity contribution in [1.29, 1.82) is 0 Å². The van der Waals surface area contributed by atoms with Gasteiger partial charge >= 0.3 is 0 Å². The Kier molecular flexibility index (Phi) is 4.18. The lowest BCUT2D eigenvalue weighted by atomic mass is 9.96. The van der Waals surface area contributed by atoms with E-state index in [0.717, 1.165) is 19.7 Å². The summed E-state index contributed by atoms with van der Waals surface area (Å²) in [5, 5.41) is 3.40. The van der Waals surface area contributed by atoms with E-state index in [1.54, 1.807) is 0 Å². The fourth-order valence-electron chi connectivity index (χ4n) is 1.63. The number of hydrogen-bond acceptors (Lipinski definition) is 3. The summed E-state index contributed by atoms with van der Waals surface area (Å²) in [5.41, 5.74) is 0. The molecule has 1 N–H and O–H groups in total. The van der Waals surface area contributed by atoms with Gasteiger partial charge in [-0.3, -0.25) is 0 Å². The molecule has 1 aliphatic carbocycles. The fourth-order valence-corrected chi connectivity index (χ4v) is 2.49. The summed E-state index contributed by atoms with van der Waals surface area (Å²) in [6, 6.07) is 4.37. The van der Waals surface area contributed by atoms with Crippen molar-refractivity contribution in [2.24, 2.45) is 0 Å². The normalized spacial score (nSPS) is 16.6. The SMILES string of the molecule is Cc1ccc(CNCCOC2CCC2)s1. The highest BCUT2D eigenvalue weighted by Gasteiger charge is 2.16. The highest BCUT2D eigenvalue weighted by atomic mass is 32.1. The summed E-state index contributed by atoms with van der Waals surface area (Å²) in [6.07, 6.45) is 4.46. The molecule has 1 aromatic rings. The van der Waals surface area contributed by atoms with Gasteiger partial charge in [-0.15, -0.1) is 11.3 Å². The van der Waals surface area contributed by atoms with Crippen molar-refractivity contribution < 1.29 is 4.74 Å². The van der Waals surface area contributed by atoms with E-state index in [-0.39, 0.29) is 0 Å². The summed E-state index contributed by atoms with van der Waals surface area (Å²) in [7, 11) is 0. The largest absolute Gasteiger partial charge is 0.377 e. The molecule has 0 radical (unpaired) electrons. The van der Waals surface area contributed by atoms with Crippen LogP contribution in [0.1, 0.15) is 29.0 Å². The van der Waals surface area contributed by atoms with Gasteiger partial charge in [0.2, 0.25) is 0 Å². The minimum Gasteiger partial charge on any atom is -0.377 e. The zero-order valence-electron chi connectivity index (χ0n) is 9.29. The van der Waals surface area contributed by atoms with Gasteiger partial charge in [-0.1, -0.05) is 0 Å². The maximum Gasteiger partial charge on any atom is 0.0594 e. The molecule has 2 rings (SSSR count). The van der Waals surface area contributed by atoms with Crippen LogP contribution < -0.4 is 5.32 Å². The third-order valence-electron chi connectivity index (χ3n) is 2.78. The lowest BCUT2D eigenvalue weighted by Gasteiger charge is -2.25. The maximum absolute atomic E-state index is 5.66. The Balaban J connectivity index is 1.51. The first kappa shape index (κ1) is 11.1. The van der Waals surface area contributed by atoms with Crippen LogP contribution in [0.15, 0.2) is 12.1 Å². The summed E-state index contributed by atoms with van der Waals surface area (Å²) < 4.78 is 5.66. The van der Waals surface area contributed by atoms with E-state index in [1.165, 1.54) is 29.0 Å². The summed E-state index contributed by atoms with van der Waals surface area (Å²) in [6.45, 7) is 4.95. The van der Waals surface area contributed by atoms with Crippen molar-refractivity contribution in [1.82, 2.24) is 5.32 Å². The Bertz CT molecular complexity index is 294. The number of rotatable bonds is 6. The van der Waals surface area contributed by atoms with E-state index in [2.05, 4.69) is 24.4 Å². The second-order valence-electron chi connectivity index (χ2n) is 4.11. The minimum absolute atomic E-state index is 0.566. The van der Waals surface area contributed by atoms with Crippen LogP contribution in [0.25, 0.3) is 0 Å². The molecule has 3 heteroatoms. The van der Waals surface area contributed by atoms with E-state index in [1.807, 2.05) is 11.3 Å². The van der Waals surface area contributed by atoms with Gasteiger partial charge in [0.15, 0.2) is 0 Å². The molecule has 1 fully saturated rings. The zero-order chi connectivity index (χ0) is 10.5. The lowest BCUT2D eigenvalue weighted by Crippen LogP contribution is -2.26. The van der Waals surface area contributed by atoms with Crippen LogP contribution in [-0.2, 0) is 11.3 Å². The molecule has 84 valence electrons. The molecule has 1 heterocycles. The Morgan fingerprint density at radius 3 is 2.93 bits per heavy atom. The molecule has 2 nitrogen and oxygen atoms in total. The summed E-state index contributed by atoms with van der Waals surface area (Å²) in [5.74, 6) is 0. The number of nitrogens with one attached hydrogen (secondary N) is 1. The van der Waals surface area contributed by atoms with Crippen LogP contribution in [0.5, 0.6) is 0 Å². The van der Waals surface area contributed by atoms with Gasteiger partial charge in [-0.25, -0.2) is 0 Å². The van der Waals surface area contributed by atoms with Crippen LogP contribution in [-0.4, -0.2) is 19.3 Å². The van der Waals surface area contributed by atoms with E-state index < -0.39 is 0 Å². The summed E-state index contributed by atoms with van der Waals surface area (Å²) >= 11 is 1.86. The van der Waals surface area contributed by atoms with Gasteiger partial charge in [0.05, 0.1) is 12.7 Å². The van der Waals surface area contributed by atoms with Gasteiger partial charge in [0.1, 0.15) is 0 Å². The van der Waals surface area contributed by atoms with Gasteiger partial charge in [0.25, 0.3) is 0 Å². The lowest BCUT2D eigenvalue weighted by molar-refractivity contribution is 0.00421. The molecule has 0 amide bonds. The molecule has 0 spiro atoms. The number of aryl methyl sites for hydroxylation is 1. The van der Waals surface area contributed by atoms with Gasteiger partial charge in [-0.05, 0) is 38.3 Å². The smallest absolute Gasteiger partial charge is 0.0594 e. The first-order valence-corrected chi connectivity index (χ1v) is 6.54. The average molecular weight is 225 g/mol. The second kappa shape index (κ2) is 5.64. The van der Waals surface area contributed by atoms with Crippen molar-refractivity contribution in [2.75, 3.05) is 13.2 Å². The third-order valence-corrected chi connectivity index (χ3v) is 3.78. The van der Waals surface area contributed by atoms with Crippen LogP contribution in [0, 0.1) is 6.92 Å². The second-order valence-corrected chi connectivity index (χ2v) is 5.49. The maximum atomic E-state index is 5.66. The zero-order valence-corrected chi connectivity index (χ0v) is 10.1. The number of ether oxygens (including phenoxy) is 1. The highest BCUT2D eigenvalue weighted by molar-refractivity contribution is 7.11. The first-order chi connectivity index (χ1) is 7.34. The number of thiophene rings is 1. The minimum atomic E-state index is 0.566. The van der Waals surface area contributed by atoms with Gasteiger partial charge in [-0.2, -0.15) is 0 Å². The van der Waals surface area contributed by atoms with Crippen LogP contribution in [0.2, 0.25) is 0 Å². The van der Waals surface area contributed by atoms with Gasteiger partial charge < -0.3 is 10.1 Å². The Labute approximate surface area is 95.6 Å². The summed E-state index contributed by atoms with van der Waals surface area (Å²) in [4.78, 5) is 2.80. The fraction of sp³-hybridized carbons (Fsp3) is 0.667. The van der Waals surface area contributed by atoms with E-state index in [4.69, 9.17) is 4.74 Å². The van der Waals surface area contributed by atoms with Crippen LogP contribution in [0.3, 0.4) is 0 Å². The predicted molar refractivity (Wildman–Crippen MR) is 64.4 cm³/mol. The Morgan fingerprint density at radius 2 is 2.33 bits per heavy atom. The standard InChI is InChI=1S/C12H19NOS/c1-10-5-6-12(15-10)9-13-7-8-14-11-3-2-4-11/h5-6,11,13H,2-4,7-9H2,1H3. The molecule has 1 saturated carbocycles. The predicted octanol–water partition coefficient (Wildman–Crippen LogP) is 2.72. The van der Waals surface area contributed by atoms with E-state index in [9.17, 15) is 0 Å². The van der Waals surface area contributed by atoms with Crippen molar-refractivity contribution in [2.45, 2.75) is 38.8 Å². The molecule has 15 heavy (non-hydrogen) atoms. The molecule has 0 atom stereocenters. The van der Waals surface area contributed by atoms with Gasteiger partial charge in [0, 0.05) is 22.8 Å². The van der Waals surface area contributed by atoms with Crippen molar-refractivity contribution in [3.63, 3.8) is 0 Å². The Morgan fingerprint density at radius 1 is 1.47 bits per heavy atom. The molecule has 1 aromatic heterocycles. The van der Waals surface area contributed by atoms with E-state index >= 15 is 0 Å². The molecule has 0 bridgehead atoms. The molecule has 0 aliphatic heterocycles. The molecule has 0 unspecified atom stereocenters. The van der Waals surface area contributed by atoms with Crippen molar-refractivity contribution in [3.8, 4) is 0 Å². The molecular weight excluding hydrogens is 206 g/mol. The topological polar surface area (TPSA) is 21.3 Å². The molecule has 1 aliphatic rings. The monoisotopic (exact) mass is 225 g/mol. The molecule has 0 saturated heterocycles. The molecule has 0 aromatic carbocycles. The highest BCUT2D eigenvalue weighted by Crippen LogP contribution is 2.21. The number of hydrogen-bond donors (Lipinski definition) is 1. The van der Waals surface area contributed by atoms with Crippen molar-refractivity contribution >= 4 is 11.3 Å². The van der Waals surface area contributed by atoms with Crippen LogP contribution >= 0.6 is 11.3 Å². The van der Waals surface area contributed by atoms with E-state index in [0.29, 0.717) is 6.10 Å². The molecular formula is C12H19NOS. The third kappa shape index (κ3) is 3.59.